The quantitative estimate of drug-likeness (QED) is 0.486. The van der Waals surface area contributed by atoms with Crippen molar-refractivity contribution in [1.82, 2.24) is 0 Å². The van der Waals surface area contributed by atoms with Crippen LogP contribution in [0.2, 0.25) is 0 Å². The second-order valence-corrected chi connectivity index (χ2v) is 6.46. The van der Waals surface area contributed by atoms with Crippen molar-refractivity contribution in [2.75, 3.05) is 26.4 Å². The zero-order chi connectivity index (χ0) is 12.6. The van der Waals surface area contributed by atoms with Gasteiger partial charge in [0.1, 0.15) is 13.2 Å². The lowest BCUT2D eigenvalue weighted by Crippen LogP contribution is -2.31. The average molecular weight is 364 g/mol. The number of esters is 2. The molecule has 0 saturated heterocycles. The summed E-state index contributed by atoms with van der Waals surface area (Å²) in [4.78, 5) is 22.5. The molecule has 8 heteroatoms. The first-order valence-electron chi connectivity index (χ1n) is 4.36. The molecule has 0 bridgehead atoms. The highest BCUT2D eigenvalue weighted by molar-refractivity contribution is 9.25. The summed E-state index contributed by atoms with van der Waals surface area (Å²) < 4.78 is 7.82. The lowest BCUT2D eigenvalue weighted by atomic mass is 10.3. The fourth-order valence-electron chi connectivity index (χ4n) is 0.708. The van der Waals surface area contributed by atoms with Crippen molar-refractivity contribution in [3.63, 3.8) is 0 Å². The van der Waals surface area contributed by atoms with Crippen molar-refractivity contribution in [1.29, 1.82) is 0 Å². The monoisotopic (exact) mass is 362 g/mol. The Kier molecular flexibility index (Phi) is 7.90. The van der Waals surface area contributed by atoms with Crippen LogP contribution in [-0.2, 0) is 19.1 Å². The molecular weight excluding hydrogens is 352 g/mol. The maximum absolute atomic E-state index is 11.3. The van der Waals surface area contributed by atoms with Crippen LogP contribution >= 0.6 is 31.9 Å². The van der Waals surface area contributed by atoms with Gasteiger partial charge in [-0.05, 0) is 0 Å². The number of halogens is 2. The molecule has 0 aromatic heterocycles. The van der Waals surface area contributed by atoms with Crippen LogP contribution in [-0.4, -0.2) is 51.8 Å². The number of aliphatic hydroxyl groups is 2. The molecule has 0 heterocycles. The normalized spacial score (nSPS) is 11.0. The van der Waals surface area contributed by atoms with Crippen LogP contribution in [0.3, 0.4) is 0 Å². The number of hydrogen-bond donors (Lipinski definition) is 2. The third kappa shape index (κ3) is 6.41. The summed E-state index contributed by atoms with van der Waals surface area (Å²) in [5, 5.41) is 16.9. The van der Waals surface area contributed by atoms with Gasteiger partial charge in [-0.3, -0.25) is 4.79 Å². The van der Waals surface area contributed by atoms with Crippen molar-refractivity contribution in [2.45, 2.75) is 9.65 Å². The highest BCUT2D eigenvalue weighted by Crippen LogP contribution is 2.32. The second-order valence-electron chi connectivity index (χ2n) is 2.68. The Hall–Kier alpha value is -0.180. The Balaban J connectivity index is 4.11. The summed E-state index contributed by atoms with van der Waals surface area (Å²) >= 11 is 5.93. The van der Waals surface area contributed by atoms with Crippen molar-refractivity contribution >= 4 is 43.8 Å². The molecule has 2 N–H and O–H groups in total. The van der Waals surface area contributed by atoms with E-state index in [1.54, 1.807) is 0 Å². The van der Waals surface area contributed by atoms with Crippen LogP contribution in [0.25, 0.3) is 0 Å². The highest BCUT2D eigenvalue weighted by atomic mass is 79.9. The van der Waals surface area contributed by atoms with Gasteiger partial charge in [-0.25, -0.2) is 4.79 Å². The van der Waals surface area contributed by atoms with Gasteiger partial charge in [0.15, 0.2) is 3.23 Å². The Bertz CT molecular complexity index is 243. The average Bonchev–Trinajstić information content (AvgIpc) is 2.22. The summed E-state index contributed by atoms with van der Waals surface area (Å²) in [6, 6.07) is 0. The minimum atomic E-state index is -1.37. The van der Waals surface area contributed by atoms with Crippen molar-refractivity contribution < 1.29 is 29.3 Å². The van der Waals surface area contributed by atoms with E-state index in [2.05, 4.69) is 41.3 Å². The van der Waals surface area contributed by atoms with Crippen LogP contribution in [0.5, 0.6) is 0 Å². The zero-order valence-electron chi connectivity index (χ0n) is 8.32. The van der Waals surface area contributed by atoms with E-state index < -0.39 is 15.2 Å². The lowest BCUT2D eigenvalue weighted by Gasteiger charge is -2.17. The number of carbonyl (C=O) groups excluding carboxylic acids is 2. The zero-order valence-corrected chi connectivity index (χ0v) is 11.5. The number of aliphatic hydroxyl groups excluding tert-OH is 2. The second kappa shape index (κ2) is 7.99. The number of rotatable bonds is 7. The lowest BCUT2D eigenvalue weighted by molar-refractivity contribution is -0.151. The topological polar surface area (TPSA) is 93.1 Å². The molecule has 94 valence electrons. The van der Waals surface area contributed by atoms with Gasteiger partial charge in [-0.1, -0.05) is 31.9 Å². The molecule has 0 unspecified atom stereocenters. The minimum Gasteiger partial charge on any atom is -0.463 e. The fourth-order valence-corrected chi connectivity index (χ4v) is 1.39. The van der Waals surface area contributed by atoms with Gasteiger partial charge >= 0.3 is 11.9 Å². The summed E-state index contributed by atoms with van der Waals surface area (Å²) in [6.45, 7) is -0.848. The van der Waals surface area contributed by atoms with Gasteiger partial charge in [-0.2, -0.15) is 0 Å². The number of alkyl halides is 2. The van der Waals surface area contributed by atoms with Crippen LogP contribution in [0.1, 0.15) is 6.42 Å². The molecule has 0 amide bonds. The molecule has 0 aliphatic heterocycles. The highest BCUT2D eigenvalue weighted by Gasteiger charge is 2.37. The van der Waals surface area contributed by atoms with Crippen molar-refractivity contribution in [3.8, 4) is 0 Å². The molecule has 0 saturated carbocycles. The molecule has 0 rings (SSSR count). The van der Waals surface area contributed by atoms with Crippen LogP contribution in [0, 0.1) is 0 Å². The molecule has 0 radical (unpaired) electrons. The van der Waals surface area contributed by atoms with E-state index in [1.807, 2.05) is 0 Å². The number of ether oxygens (including phenoxy) is 2. The van der Waals surface area contributed by atoms with Crippen LogP contribution in [0.15, 0.2) is 0 Å². The van der Waals surface area contributed by atoms with Gasteiger partial charge in [0.25, 0.3) is 0 Å². The Morgan fingerprint density at radius 3 is 2.06 bits per heavy atom. The Morgan fingerprint density at radius 2 is 1.56 bits per heavy atom. The van der Waals surface area contributed by atoms with E-state index >= 15 is 0 Å². The summed E-state index contributed by atoms with van der Waals surface area (Å²) in [5.41, 5.74) is 0. The smallest absolute Gasteiger partial charge is 0.334 e. The molecule has 16 heavy (non-hydrogen) atoms. The summed E-state index contributed by atoms with van der Waals surface area (Å²) in [5.74, 6) is -1.40. The maximum atomic E-state index is 11.3. The summed E-state index contributed by atoms with van der Waals surface area (Å²) in [6.07, 6.45) is -0.294. The van der Waals surface area contributed by atoms with E-state index in [9.17, 15) is 9.59 Å². The molecule has 6 nitrogen and oxygen atoms in total. The summed E-state index contributed by atoms with van der Waals surface area (Å²) in [7, 11) is 0. The SMILES string of the molecule is O=C(CC(Br)(Br)C(=O)OCCO)OCCO. The van der Waals surface area contributed by atoms with Crippen LogP contribution in [0.4, 0.5) is 0 Å². The van der Waals surface area contributed by atoms with Gasteiger partial charge in [0, 0.05) is 0 Å². The third-order valence-corrected chi connectivity index (χ3v) is 2.55. The molecule has 0 aliphatic rings. The first-order valence-corrected chi connectivity index (χ1v) is 5.95. The first-order chi connectivity index (χ1) is 7.44. The van der Waals surface area contributed by atoms with E-state index in [0.29, 0.717) is 0 Å². The molecule has 0 aromatic rings. The number of carbonyl (C=O) groups is 2. The standard InChI is InChI=1S/C8H12Br2O6/c9-8(10,7(14)16-4-2-12)5-6(13)15-3-1-11/h11-12H,1-5H2. The molecule has 0 atom stereocenters. The van der Waals surface area contributed by atoms with Gasteiger partial charge < -0.3 is 19.7 Å². The van der Waals surface area contributed by atoms with E-state index in [0.717, 1.165) is 0 Å². The largest absolute Gasteiger partial charge is 0.463 e. The van der Waals surface area contributed by atoms with Crippen molar-refractivity contribution in [2.24, 2.45) is 0 Å². The van der Waals surface area contributed by atoms with Gasteiger partial charge in [0.2, 0.25) is 0 Å². The van der Waals surface area contributed by atoms with Gasteiger partial charge in [-0.15, -0.1) is 0 Å². The van der Waals surface area contributed by atoms with Gasteiger partial charge in [0.05, 0.1) is 19.6 Å². The Labute approximate surface area is 109 Å². The molecule has 0 aromatic carbocycles. The molecular formula is C8H12Br2O6. The fraction of sp³-hybridized carbons (Fsp3) is 0.750. The Morgan fingerprint density at radius 1 is 1.06 bits per heavy atom. The minimum absolute atomic E-state index is 0.124. The molecule has 0 spiro atoms. The predicted octanol–water partition coefficient (Wildman–Crippen LogP) is -0.0664. The molecule has 0 aliphatic carbocycles. The van der Waals surface area contributed by atoms with Crippen LogP contribution < -0.4 is 0 Å². The maximum Gasteiger partial charge on any atom is 0.334 e. The van der Waals surface area contributed by atoms with E-state index in [1.165, 1.54) is 0 Å². The van der Waals surface area contributed by atoms with E-state index in [-0.39, 0.29) is 32.8 Å². The first kappa shape index (κ1) is 15.8. The number of hydrogen-bond acceptors (Lipinski definition) is 6. The van der Waals surface area contributed by atoms with Crippen molar-refractivity contribution in [3.05, 3.63) is 0 Å². The third-order valence-electron chi connectivity index (χ3n) is 1.34. The van der Waals surface area contributed by atoms with E-state index in [4.69, 9.17) is 10.2 Å². The predicted molar refractivity (Wildman–Crippen MR) is 61.3 cm³/mol. The molecule has 0 fully saturated rings.